The fourth-order valence-corrected chi connectivity index (χ4v) is 3.22. The van der Waals surface area contributed by atoms with Crippen molar-refractivity contribution in [3.8, 4) is 11.5 Å². The number of rotatable bonds is 8. The molecule has 148 valence electrons. The lowest BCUT2D eigenvalue weighted by Gasteiger charge is -2.27. The van der Waals surface area contributed by atoms with Crippen LogP contribution in [0.3, 0.4) is 0 Å². The summed E-state index contributed by atoms with van der Waals surface area (Å²) in [5, 5.41) is 10.5. The summed E-state index contributed by atoms with van der Waals surface area (Å²) in [7, 11) is 4.51. The molecule has 0 spiro atoms. The summed E-state index contributed by atoms with van der Waals surface area (Å²) in [5.41, 5.74) is 0.532. The minimum absolute atomic E-state index is 0.0356. The van der Waals surface area contributed by atoms with E-state index < -0.39 is 23.5 Å². The lowest BCUT2D eigenvalue weighted by molar-refractivity contribution is -0.130. The maximum atomic E-state index is 13.0. The van der Waals surface area contributed by atoms with Gasteiger partial charge >= 0.3 is 0 Å². The maximum absolute atomic E-state index is 13.0. The van der Waals surface area contributed by atoms with E-state index in [1.54, 1.807) is 24.3 Å². The minimum Gasteiger partial charge on any atom is -0.503 e. The molecule has 28 heavy (non-hydrogen) atoms. The van der Waals surface area contributed by atoms with Crippen molar-refractivity contribution in [1.29, 1.82) is 0 Å². The van der Waals surface area contributed by atoms with Crippen LogP contribution in [0, 0.1) is 0 Å². The number of carbonyl (C=O) groups excluding carboxylic acids is 2. The summed E-state index contributed by atoms with van der Waals surface area (Å²) in [6.45, 7) is 0.429. The normalized spacial score (nSPS) is 16.6. The van der Waals surface area contributed by atoms with Crippen molar-refractivity contribution >= 4 is 11.7 Å². The van der Waals surface area contributed by atoms with Gasteiger partial charge in [0.15, 0.2) is 23.0 Å². The van der Waals surface area contributed by atoms with Crippen molar-refractivity contribution in [2.75, 3.05) is 34.5 Å². The number of amides is 1. The van der Waals surface area contributed by atoms with Crippen LogP contribution in [0.25, 0.3) is 0 Å². The van der Waals surface area contributed by atoms with Gasteiger partial charge in [0.05, 0.1) is 38.7 Å². The van der Waals surface area contributed by atoms with Crippen LogP contribution in [-0.2, 0) is 9.53 Å². The molecule has 1 aliphatic rings. The fourth-order valence-electron chi connectivity index (χ4n) is 3.22. The molecule has 1 amide bonds. The molecular formula is C20H21NO7. The van der Waals surface area contributed by atoms with Crippen LogP contribution >= 0.6 is 0 Å². The lowest BCUT2D eigenvalue weighted by atomic mass is 9.94. The second-order valence-corrected chi connectivity index (χ2v) is 6.08. The quantitative estimate of drug-likeness (QED) is 0.695. The van der Waals surface area contributed by atoms with Gasteiger partial charge in [0.2, 0.25) is 5.78 Å². The molecule has 1 N–H and O–H groups in total. The Morgan fingerprint density at radius 1 is 1.18 bits per heavy atom. The molecule has 0 radical (unpaired) electrons. The summed E-state index contributed by atoms with van der Waals surface area (Å²) in [5.74, 6) is -0.825. The fraction of sp³-hybridized carbons (Fsp3) is 0.300. The van der Waals surface area contributed by atoms with Gasteiger partial charge in [-0.3, -0.25) is 9.59 Å². The van der Waals surface area contributed by atoms with Crippen molar-refractivity contribution in [3.05, 3.63) is 59.3 Å². The smallest absolute Gasteiger partial charge is 0.290 e. The first-order valence-electron chi connectivity index (χ1n) is 8.56. The zero-order chi connectivity index (χ0) is 20.3. The van der Waals surface area contributed by atoms with Crippen molar-refractivity contribution in [2.45, 2.75) is 6.04 Å². The van der Waals surface area contributed by atoms with E-state index in [0.29, 0.717) is 17.1 Å². The maximum Gasteiger partial charge on any atom is 0.290 e. The monoisotopic (exact) mass is 387 g/mol. The molecule has 2 heterocycles. The third-order valence-corrected chi connectivity index (χ3v) is 4.55. The summed E-state index contributed by atoms with van der Waals surface area (Å²) in [6, 6.07) is 7.29. The van der Waals surface area contributed by atoms with Gasteiger partial charge in [-0.05, 0) is 29.8 Å². The highest BCUT2D eigenvalue weighted by molar-refractivity contribution is 6.15. The number of ether oxygens (including phenoxy) is 3. The first-order valence-corrected chi connectivity index (χ1v) is 8.56. The van der Waals surface area contributed by atoms with Crippen LogP contribution in [-0.4, -0.2) is 56.2 Å². The number of carbonyl (C=O) groups is 2. The Bertz CT molecular complexity index is 901. The average Bonchev–Trinajstić information content (AvgIpc) is 3.33. The van der Waals surface area contributed by atoms with Crippen molar-refractivity contribution < 1.29 is 33.3 Å². The van der Waals surface area contributed by atoms with E-state index >= 15 is 0 Å². The number of aliphatic hydroxyl groups excluding tert-OH is 1. The van der Waals surface area contributed by atoms with Crippen molar-refractivity contribution in [1.82, 2.24) is 4.90 Å². The third-order valence-electron chi connectivity index (χ3n) is 4.55. The SMILES string of the molecule is COCCN1C(=O)C(O)=C(C(=O)c2ccco2)[C@H]1c1ccc(OC)c(OC)c1. The Hall–Kier alpha value is -3.26. The second-order valence-electron chi connectivity index (χ2n) is 6.08. The van der Waals surface area contributed by atoms with Crippen molar-refractivity contribution in [3.63, 3.8) is 0 Å². The second kappa shape index (κ2) is 8.18. The van der Waals surface area contributed by atoms with Gasteiger partial charge in [0.1, 0.15) is 0 Å². The number of hydrogen-bond acceptors (Lipinski definition) is 7. The van der Waals surface area contributed by atoms with Crippen LogP contribution in [0.1, 0.15) is 22.2 Å². The van der Waals surface area contributed by atoms with Gasteiger partial charge < -0.3 is 28.6 Å². The highest BCUT2D eigenvalue weighted by Gasteiger charge is 2.44. The number of benzene rings is 1. The van der Waals surface area contributed by atoms with Crippen LogP contribution in [0.2, 0.25) is 0 Å². The summed E-state index contributed by atoms with van der Waals surface area (Å²) in [4.78, 5) is 27.0. The van der Waals surface area contributed by atoms with Crippen LogP contribution in [0.5, 0.6) is 11.5 Å². The molecule has 0 unspecified atom stereocenters. The number of methoxy groups -OCH3 is 3. The number of aliphatic hydroxyl groups is 1. The van der Waals surface area contributed by atoms with Crippen molar-refractivity contribution in [2.24, 2.45) is 0 Å². The molecule has 1 atom stereocenters. The number of furan rings is 1. The first-order chi connectivity index (χ1) is 13.5. The molecule has 0 fully saturated rings. The predicted molar refractivity (Wildman–Crippen MR) is 98.6 cm³/mol. The van der Waals surface area contributed by atoms with Gasteiger partial charge in [-0.15, -0.1) is 0 Å². The van der Waals surface area contributed by atoms with Crippen LogP contribution < -0.4 is 9.47 Å². The van der Waals surface area contributed by atoms with E-state index in [2.05, 4.69) is 0 Å². The first kappa shape index (κ1) is 19.5. The Balaban J connectivity index is 2.11. The molecule has 1 aliphatic heterocycles. The van der Waals surface area contributed by atoms with E-state index in [4.69, 9.17) is 18.6 Å². The van der Waals surface area contributed by atoms with Crippen LogP contribution in [0.15, 0.2) is 52.3 Å². The van der Waals surface area contributed by atoms with Gasteiger partial charge in [-0.1, -0.05) is 6.07 Å². The van der Waals surface area contributed by atoms with Gasteiger partial charge in [-0.2, -0.15) is 0 Å². The molecule has 8 nitrogen and oxygen atoms in total. The van der Waals surface area contributed by atoms with E-state index in [1.165, 1.54) is 38.6 Å². The largest absolute Gasteiger partial charge is 0.503 e. The molecule has 0 aliphatic carbocycles. The molecule has 0 saturated heterocycles. The van der Waals surface area contributed by atoms with Crippen LogP contribution in [0.4, 0.5) is 0 Å². The van der Waals surface area contributed by atoms with E-state index in [-0.39, 0.29) is 24.5 Å². The summed E-state index contributed by atoms with van der Waals surface area (Å²) >= 11 is 0. The zero-order valence-electron chi connectivity index (χ0n) is 15.8. The Morgan fingerprint density at radius 2 is 1.93 bits per heavy atom. The molecule has 3 rings (SSSR count). The molecule has 1 aromatic carbocycles. The van der Waals surface area contributed by atoms with E-state index in [9.17, 15) is 14.7 Å². The number of ketones is 1. The number of hydrogen-bond donors (Lipinski definition) is 1. The highest BCUT2D eigenvalue weighted by atomic mass is 16.5. The van der Waals surface area contributed by atoms with Gasteiger partial charge in [0, 0.05) is 13.7 Å². The highest BCUT2D eigenvalue weighted by Crippen LogP contribution is 2.41. The topological polar surface area (TPSA) is 98.4 Å². The Labute approximate surface area is 161 Å². The molecule has 0 saturated carbocycles. The summed E-state index contributed by atoms with van der Waals surface area (Å²) < 4.78 is 20.8. The predicted octanol–water partition coefficient (Wildman–Crippen LogP) is 2.52. The number of nitrogens with zero attached hydrogens (tertiary/aromatic N) is 1. The molecular weight excluding hydrogens is 366 g/mol. The van der Waals surface area contributed by atoms with Gasteiger partial charge in [0.25, 0.3) is 5.91 Å². The standard InChI is InChI=1S/C20H21NO7/c1-25-10-8-21-17(12-6-7-13(26-2)15(11-12)27-3)16(19(23)20(21)24)18(22)14-5-4-9-28-14/h4-7,9,11,17,23H,8,10H2,1-3H3/t17-/m1/s1. The summed E-state index contributed by atoms with van der Waals surface area (Å²) in [6.07, 6.45) is 1.36. The molecule has 0 bridgehead atoms. The zero-order valence-corrected chi connectivity index (χ0v) is 15.8. The Morgan fingerprint density at radius 3 is 2.54 bits per heavy atom. The third kappa shape index (κ3) is 3.34. The van der Waals surface area contributed by atoms with Gasteiger partial charge in [-0.25, -0.2) is 0 Å². The minimum atomic E-state index is -0.819. The molecule has 8 heteroatoms. The lowest BCUT2D eigenvalue weighted by Crippen LogP contribution is -2.34. The average molecular weight is 387 g/mol. The van der Waals surface area contributed by atoms with E-state index in [1.807, 2.05) is 0 Å². The number of Topliss-reactive ketones (excluding diaryl/α,β-unsaturated/α-hetero) is 1. The Kier molecular flexibility index (Phi) is 5.70. The molecule has 1 aromatic heterocycles. The molecule has 2 aromatic rings. The van der Waals surface area contributed by atoms with E-state index in [0.717, 1.165) is 0 Å².